The summed E-state index contributed by atoms with van der Waals surface area (Å²) >= 11 is 0. The molecule has 0 saturated heterocycles. The van der Waals surface area contributed by atoms with Crippen LogP contribution in [-0.4, -0.2) is 21.8 Å². The van der Waals surface area contributed by atoms with Crippen LogP contribution in [0.25, 0.3) is 0 Å². The van der Waals surface area contributed by atoms with E-state index in [1.807, 2.05) is 6.08 Å². The SMILES string of the molecule is C[C@@H]1CC2=CC(=O)CC[C@]2(C)[C@H]2CC[C@@]3(C)[C@@H](CCC3(O)O)[C@H]12. The molecule has 3 heteroatoms. The highest BCUT2D eigenvalue weighted by molar-refractivity contribution is 5.91. The third-order valence-corrected chi connectivity index (χ3v) is 8.42. The third kappa shape index (κ3) is 1.93. The summed E-state index contributed by atoms with van der Waals surface area (Å²) in [5, 5.41) is 21.1. The normalized spacial score (nSPS) is 51.5. The summed E-state index contributed by atoms with van der Waals surface area (Å²) in [5.41, 5.74) is 1.18. The minimum atomic E-state index is -1.50. The van der Waals surface area contributed by atoms with E-state index in [2.05, 4.69) is 20.8 Å². The first-order valence-electron chi connectivity index (χ1n) is 9.38. The van der Waals surface area contributed by atoms with Gasteiger partial charge in [-0.25, -0.2) is 0 Å². The van der Waals surface area contributed by atoms with Gasteiger partial charge in [-0.3, -0.25) is 4.79 Å². The van der Waals surface area contributed by atoms with Crippen molar-refractivity contribution in [3.8, 4) is 0 Å². The van der Waals surface area contributed by atoms with Gasteiger partial charge in [0.2, 0.25) is 0 Å². The number of aliphatic hydroxyl groups is 2. The van der Waals surface area contributed by atoms with Crippen molar-refractivity contribution in [2.45, 2.75) is 71.5 Å². The Hall–Kier alpha value is -0.670. The molecule has 0 aliphatic heterocycles. The molecule has 3 nitrogen and oxygen atoms in total. The number of fused-ring (bicyclic) bond motifs is 5. The smallest absolute Gasteiger partial charge is 0.168 e. The molecule has 4 aliphatic carbocycles. The lowest BCUT2D eigenvalue weighted by molar-refractivity contribution is -0.250. The molecule has 2 N–H and O–H groups in total. The maximum Gasteiger partial charge on any atom is 0.168 e. The Morgan fingerprint density at radius 2 is 1.78 bits per heavy atom. The van der Waals surface area contributed by atoms with E-state index >= 15 is 0 Å². The van der Waals surface area contributed by atoms with Gasteiger partial charge in [0.05, 0.1) is 0 Å². The molecule has 0 amide bonds. The van der Waals surface area contributed by atoms with E-state index in [0.29, 0.717) is 42.3 Å². The Bertz CT molecular complexity index is 577. The van der Waals surface area contributed by atoms with Crippen LogP contribution in [0.5, 0.6) is 0 Å². The first-order valence-corrected chi connectivity index (χ1v) is 9.38. The zero-order valence-corrected chi connectivity index (χ0v) is 14.6. The molecule has 0 heterocycles. The van der Waals surface area contributed by atoms with Gasteiger partial charge in [-0.05, 0) is 67.3 Å². The molecular formula is C20H30O3. The van der Waals surface area contributed by atoms with Crippen molar-refractivity contribution >= 4 is 5.78 Å². The lowest BCUT2D eigenvalue weighted by Gasteiger charge is -2.60. The fraction of sp³-hybridized carbons (Fsp3) is 0.850. The molecule has 0 unspecified atom stereocenters. The average molecular weight is 318 g/mol. The number of rotatable bonds is 0. The predicted octanol–water partition coefficient (Wildman–Crippen LogP) is 3.45. The molecule has 3 saturated carbocycles. The van der Waals surface area contributed by atoms with Gasteiger partial charge in [0, 0.05) is 18.3 Å². The predicted molar refractivity (Wildman–Crippen MR) is 88.4 cm³/mol. The van der Waals surface area contributed by atoms with Crippen LogP contribution in [-0.2, 0) is 4.79 Å². The molecule has 4 aliphatic rings. The molecular weight excluding hydrogens is 288 g/mol. The highest BCUT2D eigenvalue weighted by atomic mass is 16.5. The first-order chi connectivity index (χ1) is 10.7. The van der Waals surface area contributed by atoms with Crippen molar-refractivity contribution in [1.82, 2.24) is 0 Å². The van der Waals surface area contributed by atoms with Gasteiger partial charge in [-0.15, -0.1) is 0 Å². The summed E-state index contributed by atoms with van der Waals surface area (Å²) < 4.78 is 0. The van der Waals surface area contributed by atoms with Gasteiger partial charge in [-0.1, -0.05) is 26.3 Å². The second-order valence-corrected chi connectivity index (χ2v) is 9.34. The molecule has 6 atom stereocenters. The number of ketones is 1. The van der Waals surface area contributed by atoms with Crippen LogP contribution in [0.2, 0.25) is 0 Å². The molecule has 23 heavy (non-hydrogen) atoms. The Morgan fingerprint density at radius 1 is 1.09 bits per heavy atom. The zero-order valence-electron chi connectivity index (χ0n) is 14.6. The average Bonchev–Trinajstić information content (AvgIpc) is 2.72. The number of carbonyl (C=O) groups is 1. The number of allylic oxidation sites excluding steroid dienone is 1. The number of carbonyl (C=O) groups excluding carboxylic acids is 1. The first kappa shape index (κ1) is 15.8. The van der Waals surface area contributed by atoms with Crippen LogP contribution in [0, 0.1) is 34.5 Å². The minimum absolute atomic E-state index is 0.155. The molecule has 0 aromatic heterocycles. The maximum atomic E-state index is 11.9. The molecule has 128 valence electrons. The van der Waals surface area contributed by atoms with E-state index in [0.717, 1.165) is 32.1 Å². The van der Waals surface area contributed by atoms with Crippen molar-refractivity contribution in [1.29, 1.82) is 0 Å². The Balaban J connectivity index is 1.74. The summed E-state index contributed by atoms with van der Waals surface area (Å²) in [6.45, 7) is 6.79. The summed E-state index contributed by atoms with van der Waals surface area (Å²) in [6, 6.07) is 0. The van der Waals surface area contributed by atoms with Crippen molar-refractivity contribution in [2.75, 3.05) is 0 Å². The minimum Gasteiger partial charge on any atom is -0.365 e. The molecule has 0 bridgehead atoms. The second kappa shape index (κ2) is 4.70. The molecule has 0 radical (unpaired) electrons. The topological polar surface area (TPSA) is 57.5 Å². The fourth-order valence-electron chi connectivity index (χ4n) is 6.90. The van der Waals surface area contributed by atoms with Crippen LogP contribution in [0.1, 0.15) is 65.7 Å². The van der Waals surface area contributed by atoms with Crippen molar-refractivity contribution < 1.29 is 15.0 Å². The van der Waals surface area contributed by atoms with Gasteiger partial charge >= 0.3 is 0 Å². The highest BCUT2D eigenvalue weighted by Gasteiger charge is 2.64. The van der Waals surface area contributed by atoms with E-state index in [-0.39, 0.29) is 10.8 Å². The molecule has 0 aromatic carbocycles. The summed E-state index contributed by atoms with van der Waals surface area (Å²) in [7, 11) is 0. The van der Waals surface area contributed by atoms with Gasteiger partial charge in [0.15, 0.2) is 11.6 Å². The number of hydrogen-bond donors (Lipinski definition) is 2. The zero-order chi connectivity index (χ0) is 16.6. The quantitative estimate of drug-likeness (QED) is 0.673. The molecule has 0 aromatic rings. The van der Waals surface area contributed by atoms with Crippen molar-refractivity contribution in [2.24, 2.45) is 34.5 Å². The lowest BCUT2D eigenvalue weighted by atomic mass is 9.45. The summed E-state index contributed by atoms with van der Waals surface area (Å²) in [4.78, 5) is 11.9. The van der Waals surface area contributed by atoms with Gasteiger partial charge < -0.3 is 10.2 Å². The third-order valence-electron chi connectivity index (χ3n) is 8.42. The van der Waals surface area contributed by atoms with E-state index in [4.69, 9.17) is 0 Å². The standard InChI is InChI=1S/C20H30O3/c1-12-10-13-11-14(21)4-7-18(13,2)15-5-8-19(3)16(17(12)15)6-9-20(19,22)23/h11-12,15-17,22-23H,4-10H2,1-3H3/t12-,15+,16+,17-,18+,19+/m1/s1. The fourth-order valence-corrected chi connectivity index (χ4v) is 6.90. The maximum absolute atomic E-state index is 11.9. The van der Waals surface area contributed by atoms with Crippen LogP contribution < -0.4 is 0 Å². The summed E-state index contributed by atoms with van der Waals surface area (Å²) in [5.74, 6) is 0.894. The van der Waals surface area contributed by atoms with Crippen molar-refractivity contribution in [3.63, 3.8) is 0 Å². The second-order valence-electron chi connectivity index (χ2n) is 9.34. The van der Waals surface area contributed by atoms with Crippen LogP contribution in [0.3, 0.4) is 0 Å². The molecule has 3 fully saturated rings. The lowest BCUT2D eigenvalue weighted by Crippen LogP contribution is -2.56. The Labute approximate surface area is 139 Å². The van der Waals surface area contributed by atoms with Gasteiger partial charge in [0.1, 0.15) is 0 Å². The van der Waals surface area contributed by atoms with Crippen LogP contribution in [0.15, 0.2) is 11.6 Å². The van der Waals surface area contributed by atoms with Crippen LogP contribution >= 0.6 is 0 Å². The largest absolute Gasteiger partial charge is 0.365 e. The molecule has 4 rings (SSSR count). The van der Waals surface area contributed by atoms with Crippen LogP contribution in [0.4, 0.5) is 0 Å². The Morgan fingerprint density at radius 3 is 2.52 bits per heavy atom. The van der Waals surface area contributed by atoms with E-state index < -0.39 is 5.79 Å². The number of hydrogen-bond acceptors (Lipinski definition) is 3. The summed E-state index contributed by atoms with van der Waals surface area (Å²) in [6.07, 6.45) is 8.04. The Kier molecular flexibility index (Phi) is 3.23. The van der Waals surface area contributed by atoms with Gasteiger partial charge in [0.25, 0.3) is 0 Å². The monoisotopic (exact) mass is 318 g/mol. The molecule has 0 spiro atoms. The van der Waals surface area contributed by atoms with E-state index in [1.54, 1.807) is 0 Å². The van der Waals surface area contributed by atoms with Crippen molar-refractivity contribution in [3.05, 3.63) is 11.6 Å². The van der Waals surface area contributed by atoms with E-state index in [9.17, 15) is 15.0 Å². The van der Waals surface area contributed by atoms with Gasteiger partial charge in [-0.2, -0.15) is 0 Å². The highest BCUT2D eigenvalue weighted by Crippen LogP contribution is 2.68. The van der Waals surface area contributed by atoms with E-state index in [1.165, 1.54) is 5.57 Å².